The van der Waals surface area contributed by atoms with Gasteiger partial charge < -0.3 is 10.1 Å². The number of hydrogen-bond donors (Lipinski definition) is 1. The van der Waals surface area contributed by atoms with E-state index in [2.05, 4.69) is 5.32 Å². The van der Waals surface area contributed by atoms with Gasteiger partial charge in [-0.1, -0.05) is 6.07 Å². The van der Waals surface area contributed by atoms with E-state index in [1.807, 2.05) is 0 Å². The molecular formula is C14H10F2N2O. The first kappa shape index (κ1) is 12.8. The number of hydrogen-bond acceptors (Lipinski definition) is 3. The van der Waals surface area contributed by atoms with Crippen molar-refractivity contribution in [3.63, 3.8) is 0 Å². The highest BCUT2D eigenvalue weighted by Crippen LogP contribution is 2.26. The van der Waals surface area contributed by atoms with E-state index in [9.17, 15) is 8.78 Å². The molecule has 0 aromatic heterocycles. The lowest BCUT2D eigenvalue weighted by Crippen LogP contribution is -1.97. The minimum absolute atomic E-state index is 0.120. The summed E-state index contributed by atoms with van der Waals surface area (Å²) < 4.78 is 31.7. The summed E-state index contributed by atoms with van der Waals surface area (Å²) in [6, 6.07) is 9.97. The number of anilines is 2. The molecule has 2 aromatic rings. The number of halogens is 2. The van der Waals surface area contributed by atoms with E-state index in [1.165, 1.54) is 31.4 Å². The van der Waals surface area contributed by atoms with Crippen LogP contribution in [0.4, 0.5) is 20.2 Å². The molecule has 1 N–H and O–H groups in total. The van der Waals surface area contributed by atoms with Crippen LogP contribution >= 0.6 is 0 Å². The Morgan fingerprint density at radius 3 is 2.68 bits per heavy atom. The molecule has 0 aliphatic heterocycles. The molecule has 0 heterocycles. The first-order chi connectivity index (χ1) is 9.13. The predicted molar refractivity (Wildman–Crippen MR) is 67.3 cm³/mol. The van der Waals surface area contributed by atoms with Crippen LogP contribution in [0, 0.1) is 23.0 Å². The van der Waals surface area contributed by atoms with Crippen molar-refractivity contribution in [3.8, 4) is 11.8 Å². The SMILES string of the molecule is COc1cc(F)cc(Nc2cccc(F)c2C#N)c1. The third-order valence-electron chi connectivity index (χ3n) is 2.51. The van der Waals surface area contributed by atoms with Crippen molar-refractivity contribution in [1.82, 2.24) is 0 Å². The Balaban J connectivity index is 2.39. The van der Waals surface area contributed by atoms with E-state index >= 15 is 0 Å². The summed E-state index contributed by atoms with van der Waals surface area (Å²) in [5, 5.41) is 11.7. The van der Waals surface area contributed by atoms with Gasteiger partial charge in [-0.15, -0.1) is 0 Å². The van der Waals surface area contributed by atoms with Gasteiger partial charge in [0.25, 0.3) is 0 Å². The molecular weight excluding hydrogens is 250 g/mol. The summed E-state index contributed by atoms with van der Waals surface area (Å²) in [6.45, 7) is 0. The van der Waals surface area contributed by atoms with E-state index in [0.717, 1.165) is 0 Å². The topological polar surface area (TPSA) is 45.0 Å². The minimum Gasteiger partial charge on any atom is -0.497 e. The zero-order chi connectivity index (χ0) is 13.8. The second-order valence-electron chi connectivity index (χ2n) is 3.78. The molecule has 3 nitrogen and oxygen atoms in total. The summed E-state index contributed by atoms with van der Waals surface area (Å²) in [5.74, 6) is -0.787. The van der Waals surface area contributed by atoms with E-state index in [0.29, 0.717) is 11.4 Å². The fraction of sp³-hybridized carbons (Fsp3) is 0.0714. The second kappa shape index (κ2) is 5.36. The third kappa shape index (κ3) is 2.80. The molecule has 0 fully saturated rings. The van der Waals surface area contributed by atoms with Gasteiger partial charge in [0, 0.05) is 17.8 Å². The van der Waals surface area contributed by atoms with E-state index in [1.54, 1.807) is 18.2 Å². The molecule has 0 spiro atoms. The first-order valence-electron chi connectivity index (χ1n) is 5.44. The molecule has 0 aliphatic rings. The Bertz CT molecular complexity index is 650. The van der Waals surface area contributed by atoms with E-state index in [-0.39, 0.29) is 11.3 Å². The van der Waals surface area contributed by atoms with Crippen LogP contribution in [0.15, 0.2) is 36.4 Å². The van der Waals surface area contributed by atoms with Crippen molar-refractivity contribution in [2.45, 2.75) is 0 Å². The Hall–Kier alpha value is -2.61. The monoisotopic (exact) mass is 260 g/mol. The highest BCUT2D eigenvalue weighted by molar-refractivity contribution is 5.67. The number of nitrogens with zero attached hydrogens (tertiary/aromatic N) is 1. The van der Waals surface area contributed by atoms with E-state index < -0.39 is 11.6 Å². The molecule has 0 radical (unpaired) electrons. The van der Waals surface area contributed by atoms with Crippen molar-refractivity contribution >= 4 is 11.4 Å². The number of nitrogens with one attached hydrogen (secondary N) is 1. The Morgan fingerprint density at radius 2 is 2.00 bits per heavy atom. The molecule has 5 heteroatoms. The normalized spacial score (nSPS) is 9.79. The fourth-order valence-electron chi connectivity index (χ4n) is 1.65. The zero-order valence-electron chi connectivity index (χ0n) is 10.1. The molecule has 0 saturated carbocycles. The van der Waals surface area contributed by atoms with Gasteiger partial charge in [-0.2, -0.15) is 5.26 Å². The highest BCUT2D eigenvalue weighted by Gasteiger charge is 2.09. The summed E-state index contributed by atoms with van der Waals surface area (Å²) in [5.41, 5.74) is 0.528. The third-order valence-corrected chi connectivity index (χ3v) is 2.51. The molecule has 0 saturated heterocycles. The van der Waals surface area contributed by atoms with Crippen LogP contribution in [0.2, 0.25) is 0 Å². The number of methoxy groups -OCH3 is 1. The van der Waals surface area contributed by atoms with Gasteiger partial charge in [0.05, 0.1) is 12.8 Å². The molecule has 2 aromatic carbocycles. The quantitative estimate of drug-likeness (QED) is 0.917. The van der Waals surface area contributed by atoms with Crippen molar-refractivity contribution in [2.24, 2.45) is 0 Å². The molecule has 0 unspecified atom stereocenters. The number of nitriles is 1. The van der Waals surface area contributed by atoms with Crippen LogP contribution in [0.5, 0.6) is 5.75 Å². The first-order valence-corrected chi connectivity index (χ1v) is 5.44. The van der Waals surface area contributed by atoms with Gasteiger partial charge >= 0.3 is 0 Å². The standard InChI is InChI=1S/C14H10F2N2O/c1-19-11-6-9(15)5-10(7-11)18-14-4-2-3-13(16)12(14)8-17/h2-7,18H,1H3. The van der Waals surface area contributed by atoms with Gasteiger partial charge in [0.2, 0.25) is 0 Å². The lowest BCUT2D eigenvalue weighted by molar-refractivity contribution is 0.411. The fourth-order valence-corrected chi connectivity index (χ4v) is 1.65. The molecule has 19 heavy (non-hydrogen) atoms. The summed E-state index contributed by atoms with van der Waals surface area (Å²) in [6.07, 6.45) is 0. The molecule has 0 amide bonds. The predicted octanol–water partition coefficient (Wildman–Crippen LogP) is 3.59. The van der Waals surface area contributed by atoms with Crippen LogP contribution in [0.1, 0.15) is 5.56 Å². The number of benzene rings is 2. The lowest BCUT2D eigenvalue weighted by Gasteiger charge is -2.10. The van der Waals surface area contributed by atoms with Crippen molar-refractivity contribution < 1.29 is 13.5 Å². The molecule has 2 rings (SSSR count). The molecule has 96 valence electrons. The highest BCUT2D eigenvalue weighted by atomic mass is 19.1. The lowest BCUT2D eigenvalue weighted by atomic mass is 10.1. The largest absolute Gasteiger partial charge is 0.497 e. The molecule has 0 atom stereocenters. The Morgan fingerprint density at radius 1 is 1.21 bits per heavy atom. The van der Waals surface area contributed by atoms with Crippen LogP contribution in [0.3, 0.4) is 0 Å². The minimum atomic E-state index is -0.629. The maximum atomic E-state index is 13.4. The number of ether oxygens (including phenoxy) is 1. The van der Waals surface area contributed by atoms with Gasteiger partial charge in [-0.3, -0.25) is 0 Å². The number of rotatable bonds is 3. The van der Waals surface area contributed by atoms with Crippen LogP contribution in [-0.2, 0) is 0 Å². The van der Waals surface area contributed by atoms with Gasteiger partial charge in [0.15, 0.2) is 0 Å². The smallest absolute Gasteiger partial charge is 0.143 e. The molecule has 0 bridgehead atoms. The van der Waals surface area contributed by atoms with Gasteiger partial charge in [-0.25, -0.2) is 8.78 Å². The summed E-state index contributed by atoms with van der Waals surface area (Å²) in [7, 11) is 1.42. The summed E-state index contributed by atoms with van der Waals surface area (Å²) >= 11 is 0. The maximum absolute atomic E-state index is 13.4. The van der Waals surface area contributed by atoms with Crippen LogP contribution < -0.4 is 10.1 Å². The van der Waals surface area contributed by atoms with Gasteiger partial charge in [-0.05, 0) is 18.2 Å². The average Bonchev–Trinajstić information content (AvgIpc) is 2.38. The van der Waals surface area contributed by atoms with Crippen molar-refractivity contribution in [2.75, 3.05) is 12.4 Å². The van der Waals surface area contributed by atoms with E-state index in [4.69, 9.17) is 10.00 Å². The maximum Gasteiger partial charge on any atom is 0.143 e. The summed E-state index contributed by atoms with van der Waals surface area (Å²) in [4.78, 5) is 0. The van der Waals surface area contributed by atoms with Crippen molar-refractivity contribution in [1.29, 1.82) is 5.26 Å². The Labute approximate surface area is 109 Å². The zero-order valence-corrected chi connectivity index (χ0v) is 10.1. The van der Waals surface area contributed by atoms with Gasteiger partial charge in [0.1, 0.15) is 29.0 Å². The van der Waals surface area contributed by atoms with Crippen LogP contribution in [-0.4, -0.2) is 7.11 Å². The Kier molecular flexibility index (Phi) is 3.62. The van der Waals surface area contributed by atoms with Crippen LogP contribution in [0.25, 0.3) is 0 Å². The van der Waals surface area contributed by atoms with Crippen molar-refractivity contribution in [3.05, 3.63) is 53.6 Å². The average molecular weight is 260 g/mol. The second-order valence-corrected chi connectivity index (χ2v) is 3.78. The molecule has 0 aliphatic carbocycles.